The Labute approximate surface area is 154 Å². The van der Waals surface area contributed by atoms with Gasteiger partial charge < -0.3 is 15.1 Å². The Morgan fingerprint density at radius 3 is 2.36 bits per heavy atom. The van der Waals surface area contributed by atoms with Crippen molar-refractivity contribution < 1.29 is 0 Å². The molecule has 2 aliphatic rings. The van der Waals surface area contributed by atoms with Gasteiger partial charge in [-0.05, 0) is 56.5 Å². The number of nitrogens with one attached hydrogen (secondary N) is 1. The van der Waals surface area contributed by atoms with Crippen molar-refractivity contribution in [3.63, 3.8) is 0 Å². The van der Waals surface area contributed by atoms with Crippen LogP contribution in [0.15, 0.2) is 24.3 Å². The van der Waals surface area contributed by atoms with Gasteiger partial charge in [0.2, 0.25) is 0 Å². The van der Waals surface area contributed by atoms with E-state index >= 15 is 0 Å². The molecule has 0 radical (unpaired) electrons. The maximum absolute atomic E-state index is 3.54. The van der Waals surface area contributed by atoms with E-state index in [0.717, 1.165) is 25.6 Å². The molecule has 4 nitrogen and oxygen atoms in total. The molecule has 0 bridgehead atoms. The van der Waals surface area contributed by atoms with Gasteiger partial charge in [0, 0.05) is 58.0 Å². The van der Waals surface area contributed by atoms with Gasteiger partial charge in [0.05, 0.1) is 0 Å². The first-order valence-corrected chi connectivity index (χ1v) is 10.0. The van der Waals surface area contributed by atoms with Crippen LogP contribution in [0.3, 0.4) is 0 Å². The lowest BCUT2D eigenvalue weighted by Crippen LogP contribution is -2.53. The van der Waals surface area contributed by atoms with Gasteiger partial charge in [-0.1, -0.05) is 19.1 Å². The van der Waals surface area contributed by atoms with Crippen molar-refractivity contribution in [2.45, 2.75) is 38.8 Å². The smallest absolute Gasteiger partial charge is 0.0479 e. The maximum atomic E-state index is 3.54. The molecule has 25 heavy (non-hydrogen) atoms. The van der Waals surface area contributed by atoms with Gasteiger partial charge in [-0.25, -0.2) is 0 Å². The van der Waals surface area contributed by atoms with Crippen LogP contribution in [0.2, 0.25) is 0 Å². The van der Waals surface area contributed by atoms with E-state index in [1.54, 1.807) is 0 Å². The van der Waals surface area contributed by atoms with Gasteiger partial charge in [-0.3, -0.25) is 4.90 Å². The van der Waals surface area contributed by atoms with Crippen molar-refractivity contribution in [1.29, 1.82) is 0 Å². The molecule has 2 aliphatic heterocycles. The quantitative estimate of drug-likeness (QED) is 0.886. The molecule has 1 aromatic rings. The number of nitrogens with zero attached hydrogens (tertiary/aromatic N) is 3. The second-order valence-corrected chi connectivity index (χ2v) is 8.28. The van der Waals surface area contributed by atoms with Gasteiger partial charge in [0.15, 0.2) is 0 Å². The third-order valence-corrected chi connectivity index (χ3v) is 6.05. The zero-order valence-corrected chi connectivity index (χ0v) is 16.5. The summed E-state index contributed by atoms with van der Waals surface area (Å²) in [4.78, 5) is 7.59. The lowest BCUT2D eigenvalue weighted by molar-refractivity contribution is 0.0726. The number of piperidine rings is 1. The highest BCUT2D eigenvalue weighted by Crippen LogP contribution is 2.28. The fourth-order valence-corrected chi connectivity index (χ4v) is 4.21. The van der Waals surface area contributed by atoms with Crippen LogP contribution in [0.5, 0.6) is 0 Å². The fourth-order valence-electron chi connectivity index (χ4n) is 4.21. The van der Waals surface area contributed by atoms with Gasteiger partial charge >= 0.3 is 0 Å². The van der Waals surface area contributed by atoms with Crippen LogP contribution in [-0.2, 0) is 0 Å². The molecule has 0 spiro atoms. The van der Waals surface area contributed by atoms with E-state index < -0.39 is 0 Å². The predicted octanol–water partition coefficient (Wildman–Crippen LogP) is 2.82. The fraction of sp³-hybridized carbons (Fsp3) is 0.714. The summed E-state index contributed by atoms with van der Waals surface area (Å²) in [6, 6.07) is 10.3. The Bertz CT molecular complexity index is 519. The lowest BCUT2D eigenvalue weighted by Gasteiger charge is -2.43. The standard InChI is InChI=1S/C21H36N4/c1-17-9-12-24(13-10-17)16-21(25-14-11-22-15-18(25)2)19-5-7-20(8-6-19)23(3)4/h5-8,17-18,21-22H,9-16H2,1-4H3. The first-order valence-electron chi connectivity index (χ1n) is 10.0. The average Bonchev–Trinajstić information content (AvgIpc) is 2.62. The number of rotatable bonds is 5. The Kier molecular flexibility index (Phi) is 6.37. The molecular weight excluding hydrogens is 308 g/mol. The normalized spacial score (nSPS) is 25.0. The third kappa shape index (κ3) is 4.75. The van der Waals surface area contributed by atoms with Crippen LogP contribution in [0.25, 0.3) is 0 Å². The summed E-state index contributed by atoms with van der Waals surface area (Å²) in [7, 11) is 4.22. The van der Waals surface area contributed by atoms with Crippen LogP contribution < -0.4 is 10.2 Å². The summed E-state index contributed by atoms with van der Waals surface area (Å²) in [6.45, 7) is 11.8. The number of hydrogen-bond acceptors (Lipinski definition) is 4. The minimum atomic E-state index is 0.502. The van der Waals surface area contributed by atoms with Crippen molar-refractivity contribution in [3.05, 3.63) is 29.8 Å². The van der Waals surface area contributed by atoms with E-state index in [0.29, 0.717) is 12.1 Å². The highest BCUT2D eigenvalue weighted by Gasteiger charge is 2.29. The molecule has 4 heteroatoms. The second-order valence-electron chi connectivity index (χ2n) is 8.28. The Morgan fingerprint density at radius 2 is 1.76 bits per heavy atom. The first-order chi connectivity index (χ1) is 12.0. The first kappa shape index (κ1) is 18.7. The third-order valence-electron chi connectivity index (χ3n) is 6.05. The number of hydrogen-bond donors (Lipinski definition) is 1. The maximum Gasteiger partial charge on any atom is 0.0479 e. The van der Waals surface area contributed by atoms with E-state index in [-0.39, 0.29) is 0 Å². The summed E-state index contributed by atoms with van der Waals surface area (Å²) in [6.07, 6.45) is 2.70. The monoisotopic (exact) mass is 344 g/mol. The molecule has 140 valence electrons. The molecule has 0 aliphatic carbocycles. The highest BCUT2D eigenvalue weighted by molar-refractivity contribution is 5.46. The number of piperazine rings is 1. The molecule has 2 heterocycles. The van der Waals surface area contributed by atoms with Crippen molar-refractivity contribution in [2.24, 2.45) is 5.92 Å². The molecule has 0 saturated carbocycles. The highest BCUT2D eigenvalue weighted by atomic mass is 15.3. The van der Waals surface area contributed by atoms with Crippen LogP contribution >= 0.6 is 0 Å². The van der Waals surface area contributed by atoms with E-state index in [4.69, 9.17) is 0 Å². The Hall–Kier alpha value is -1.10. The molecule has 2 saturated heterocycles. The van der Waals surface area contributed by atoms with Gasteiger partial charge in [0.1, 0.15) is 0 Å². The zero-order valence-electron chi connectivity index (χ0n) is 16.5. The summed E-state index contributed by atoms with van der Waals surface area (Å²) in [5.74, 6) is 0.896. The minimum Gasteiger partial charge on any atom is -0.378 e. The predicted molar refractivity (Wildman–Crippen MR) is 107 cm³/mol. The molecule has 2 atom stereocenters. The topological polar surface area (TPSA) is 21.8 Å². The minimum absolute atomic E-state index is 0.502. The summed E-state index contributed by atoms with van der Waals surface area (Å²) >= 11 is 0. The molecule has 0 aromatic heterocycles. The number of anilines is 1. The van der Waals surface area contributed by atoms with Gasteiger partial charge in [-0.15, -0.1) is 0 Å². The van der Waals surface area contributed by atoms with Crippen molar-refractivity contribution in [3.8, 4) is 0 Å². The van der Waals surface area contributed by atoms with Crippen LogP contribution in [-0.4, -0.2) is 69.2 Å². The van der Waals surface area contributed by atoms with Gasteiger partial charge in [-0.2, -0.15) is 0 Å². The Balaban J connectivity index is 1.78. The average molecular weight is 345 g/mol. The van der Waals surface area contributed by atoms with E-state index in [2.05, 4.69) is 72.2 Å². The lowest BCUT2D eigenvalue weighted by atomic mass is 9.96. The van der Waals surface area contributed by atoms with E-state index in [1.807, 2.05) is 0 Å². The molecule has 1 N–H and O–H groups in total. The number of likely N-dealkylation sites (tertiary alicyclic amines) is 1. The van der Waals surface area contributed by atoms with Crippen molar-refractivity contribution >= 4 is 5.69 Å². The summed E-state index contributed by atoms with van der Waals surface area (Å²) in [5, 5.41) is 3.54. The van der Waals surface area contributed by atoms with Gasteiger partial charge in [0.25, 0.3) is 0 Å². The summed E-state index contributed by atoms with van der Waals surface area (Å²) in [5.41, 5.74) is 2.75. The molecule has 2 unspecified atom stereocenters. The van der Waals surface area contributed by atoms with Crippen molar-refractivity contribution in [2.75, 3.05) is 58.3 Å². The van der Waals surface area contributed by atoms with E-state index in [9.17, 15) is 0 Å². The molecule has 2 fully saturated rings. The molecule has 3 rings (SSSR count). The SMILES string of the molecule is CC1CCN(CC(c2ccc(N(C)C)cc2)N2CCNCC2C)CC1. The number of benzene rings is 1. The molecule has 0 amide bonds. The largest absolute Gasteiger partial charge is 0.378 e. The zero-order chi connectivity index (χ0) is 17.8. The van der Waals surface area contributed by atoms with Crippen LogP contribution in [0.1, 0.15) is 38.3 Å². The van der Waals surface area contributed by atoms with Crippen molar-refractivity contribution in [1.82, 2.24) is 15.1 Å². The van der Waals surface area contributed by atoms with Crippen LogP contribution in [0.4, 0.5) is 5.69 Å². The van der Waals surface area contributed by atoms with Crippen LogP contribution in [0, 0.1) is 5.92 Å². The van der Waals surface area contributed by atoms with E-state index in [1.165, 1.54) is 43.7 Å². The second kappa shape index (κ2) is 8.52. The Morgan fingerprint density at radius 1 is 1.08 bits per heavy atom. The molecule has 1 aromatic carbocycles. The summed E-state index contributed by atoms with van der Waals surface area (Å²) < 4.78 is 0. The molecular formula is C21H36N4.